The number of hydrogen-bond donors (Lipinski definition) is 1. The Morgan fingerprint density at radius 2 is 2.19 bits per heavy atom. The molecule has 1 rings (SSSR count). The van der Waals surface area contributed by atoms with Crippen molar-refractivity contribution in [2.45, 2.75) is 45.4 Å². The molecule has 1 heterocycles. The van der Waals surface area contributed by atoms with Crippen molar-refractivity contribution in [3.63, 3.8) is 0 Å². The molecule has 0 aliphatic carbocycles. The number of nitrogens with zero attached hydrogens (tertiary/aromatic N) is 2. The smallest absolute Gasteiger partial charge is 0.241 e. The Hall–Kier alpha value is -1.15. The number of carbonyl (C=O) groups is 1. The SMILES string of the molecule is CC(C)(C)[C@@H](N)C(=O)N1C[C@H](F)C[C@H]1C#N. The molecule has 0 aromatic rings. The van der Waals surface area contributed by atoms with Gasteiger partial charge in [0.05, 0.1) is 18.7 Å². The van der Waals surface area contributed by atoms with E-state index >= 15 is 0 Å². The fourth-order valence-electron chi connectivity index (χ4n) is 1.70. The molecule has 0 aromatic carbocycles. The first kappa shape index (κ1) is 12.9. The van der Waals surface area contributed by atoms with Gasteiger partial charge in [-0.05, 0) is 5.41 Å². The van der Waals surface area contributed by atoms with Gasteiger partial charge in [0.25, 0.3) is 0 Å². The molecule has 1 saturated heterocycles. The van der Waals surface area contributed by atoms with E-state index in [2.05, 4.69) is 0 Å². The maximum atomic E-state index is 13.1. The summed E-state index contributed by atoms with van der Waals surface area (Å²) in [6.45, 7) is 5.53. The molecule has 3 atom stereocenters. The predicted molar refractivity (Wildman–Crippen MR) is 58.1 cm³/mol. The lowest BCUT2D eigenvalue weighted by Gasteiger charge is -2.30. The van der Waals surface area contributed by atoms with Gasteiger partial charge in [0, 0.05) is 6.42 Å². The van der Waals surface area contributed by atoms with Gasteiger partial charge in [-0.15, -0.1) is 0 Å². The molecule has 1 amide bonds. The highest BCUT2D eigenvalue weighted by molar-refractivity contribution is 5.83. The van der Waals surface area contributed by atoms with Crippen LogP contribution >= 0.6 is 0 Å². The molecule has 1 aliphatic heterocycles. The van der Waals surface area contributed by atoms with Crippen LogP contribution in [0, 0.1) is 16.7 Å². The second-order valence-corrected chi connectivity index (χ2v) is 5.31. The number of amides is 1. The van der Waals surface area contributed by atoms with Crippen LogP contribution < -0.4 is 5.73 Å². The number of nitrogens with two attached hydrogens (primary N) is 1. The van der Waals surface area contributed by atoms with Crippen molar-refractivity contribution in [2.24, 2.45) is 11.1 Å². The molecule has 0 unspecified atom stereocenters. The summed E-state index contributed by atoms with van der Waals surface area (Å²) in [5, 5.41) is 8.84. The molecule has 0 saturated carbocycles. The Kier molecular flexibility index (Phi) is 3.54. The normalized spacial score (nSPS) is 27.6. The van der Waals surface area contributed by atoms with Crippen LogP contribution in [0.2, 0.25) is 0 Å². The van der Waals surface area contributed by atoms with Gasteiger partial charge in [-0.25, -0.2) is 4.39 Å². The minimum Gasteiger partial charge on any atom is -0.322 e. The quantitative estimate of drug-likeness (QED) is 0.721. The third kappa shape index (κ3) is 2.50. The van der Waals surface area contributed by atoms with Crippen molar-refractivity contribution in [3.8, 4) is 6.07 Å². The van der Waals surface area contributed by atoms with Crippen molar-refractivity contribution in [1.82, 2.24) is 4.90 Å². The molecule has 0 bridgehead atoms. The highest BCUT2D eigenvalue weighted by atomic mass is 19.1. The Bertz CT molecular complexity index is 318. The summed E-state index contributed by atoms with van der Waals surface area (Å²) in [4.78, 5) is 13.3. The van der Waals surface area contributed by atoms with Crippen LogP contribution in [0.25, 0.3) is 0 Å². The highest BCUT2D eigenvalue weighted by Gasteiger charge is 2.40. The third-order valence-corrected chi connectivity index (χ3v) is 2.88. The van der Waals surface area contributed by atoms with Crippen LogP contribution in [-0.2, 0) is 4.79 Å². The van der Waals surface area contributed by atoms with Gasteiger partial charge < -0.3 is 10.6 Å². The van der Waals surface area contributed by atoms with Crippen molar-refractivity contribution in [2.75, 3.05) is 6.54 Å². The Balaban J connectivity index is 2.79. The van der Waals surface area contributed by atoms with E-state index in [1.54, 1.807) is 0 Å². The number of alkyl halides is 1. The van der Waals surface area contributed by atoms with Crippen LogP contribution in [0.5, 0.6) is 0 Å². The first-order valence-corrected chi connectivity index (χ1v) is 5.37. The minimum atomic E-state index is -1.11. The van der Waals surface area contributed by atoms with Crippen LogP contribution in [0.4, 0.5) is 4.39 Å². The second-order valence-electron chi connectivity index (χ2n) is 5.31. The maximum Gasteiger partial charge on any atom is 0.241 e. The van der Waals surface area contributed by atoms with Gasteiger partial charge in [0.1, 0.15) is 12.2 Å². The first-order chi connectivity index (χ1) is 7.27. The Morgan fingerprint density at radius 3 is 2.62 bits per heavy atom. The lowest BCUT2D eigenvalue weighted by molar-refractivity contribution is -0.135. The van der Waals surface area contributed by atoms with Crippen LogP contribution in [0.1, 0.15) is 27.2 Å². The third-order valence-electron chi connectivity index (χ3n) is 2.88. The number of carbonyl (C=O) groups excluding carboxylic acids is 1. The van der Waals surface area contributed by atoms with Gasteiger partial charge >= 0.3 is 0 Å². The maximum absolute atomic E-state index is 13.1. The van der Waals surface area contributed by atoms with Crippen molar-refractivity contribution >= 4 is 5.91 Å². The monoisotopic (exact) mass is 227 g/mol. The zero-order valence-electron chi connectivity index (χ0n) is 9.90. The second kappa shape index (κ2) is 4.38. The van der Waals surface area contributed by atoms with Gasteiger partial charge in [0.2, 0.25) is 5.91 Å². The molecule has 90 valence electrons. The van der Waals surface area contributed by atoms with E-state index < -0.39 is 18.3 Å². The van der Waals surface area contributed by atoms with Crippen molar-refractivity contribution < 1.29 is 9.18 Å². The van der Waals surface area contributed by atoms with E-state index in [9.17, 15) is 9.18 Å². The van der Waals surface area contributed by atoms with Crippen LogP contribution in [0.15, 0.2) is 0 Å². The summed E-state index contributed by atoms with van der Waals surface area (Å²) < 4.78 is 13.1. The van der Waals surface area contributed by atoms with Gasteiger partial charge in [-0.3, -0.25) is 4.79 Å². The number of halogens is 1. The van der Waals surface area contributed by atoms with Gasteiger partial charge in [-0.2, -0.15) is 5.26 Å². The summed E-state index contributed by atoms with van der Waals surface area (Å²) in [7, 11) is 0. The molecule has 5 heteroatoms. The van der Waals surface area contributed by atoms with Crippen LogP contribution in [-0.4, -0.2) is 35.6 Å². The van der Waals surface area contributed by atoms with Crippen molar-refractivity contribution in [1.29, 1.82) is 5.26 Å². The molecule has 1 aliphatic rings. The number of rotatable bonds is 1. The zero-order chi connectivity index (χ0) is 12.5. The number of hydrogen-bond acceptors (Lipinski definition) is 3. The van der Waals surface area contributed by atoms with Crippen LogP contribution in [0.3, 0.4) is 0 Å². The largest absolute Gasteiger partial charge is 0.322 e. The van der Waals surface area contributed by atoms with Gasteiger partial charge in [0.15, 0.2) is 0 Å². The number of nitriles is 1. The molecule has 0 spiro atoms. The predicted octanol–water partition coefficient (Wildman–Crippen LogP) is 0.822. The Labute approximate surface area is 95.2 Å². The molecule has 1 fully saturated rings. The van der Waals surface area contributed by atoms with E-state index in [-0.39, 0.29) is 24.3 Å². The lowest BCUT2D eigenvalue weighted by Crippen LogP contribution is -2.51. The molecule has 0 radical (unpaired) electrons. The summed E-state index contributed by atoms with van der Waals surface area (Å²) in [5.74, 6) is -0.334. The highest BCUT2D eigenvalue weighted by Crippen LogP contribution is 2.25. The summed E-state index contributed by atoms with van der Waals surface area (Å²) in [6, 6.07) is 0.570. The number of likely N-dealkylation sites (tertiary alicyclic amines) is 1. The van der Waals surface area contributed by atoms with E-state index in [0.717, 1.165) is 0 Å². The lowest BCUT2D eigenvalue weighted by atomic mass is 9.86. The molecule has 16 heavy (non-hydrogen) atoms. The Morgan fingerprint density at radius 1 is 1.62 bits per heavy atom. The topological polar surface area (TPSA) is 70.1 Å². The minimum absolute atomic E-state index is 0.0131. The van der Waals surface area contributed by atoms with E-state index in [4.69, 9.17) is 11.0 Å². The van der Waals surface area contributed by atoms with E-state index in [0.29, 0.717) is 0 Å². The van der Waals surface area contributed by atoms with Gasteiger partial charge in [-0.1, -0.05) is 20.8 Å². The zero-order valence-corrected chi connectivity index (χ0v) is 9.90. The van der Waals surface area contributed by atoms with E-state index in [1.165, 1.54) is 4.90 Å². The van der Waals surface area contributed by atoms with Crippen molar-refractivity contribution in [3.05, 3.63) is 0 Å². The molecule has 0 aromatic heterocycles. The summed E-state index contributed by atoms with van der Waals surface area (Å²) in [6.07, 6.45) is -1.01. The molecule has 4 nitrogen and oxygen atoms in total. The molecular formula is C11H18FN3O. The average molecular weight is 227 g/mol. The fraction of sp³-hybridized carbons (Fsp3) is 0.818. The molecule has 2 N–H and O–H groups in total. The fourth-order valence-corrected chi connectivity index (χ4v) is 1.70. The standard InChI is InChI=1S/C11H18FN3O/c1-11(2,3)9(14)10(16)15-6-7(12)4-8(15)5-13/h7-9H,4,6,14H2,1-3H3/t7-,8+,9+/m1/s1. The summed E-state index contributed by atoms with van der Waals surface area (Å²) >= 11 is 0. The summed E-state index contributed by atoms with van der Waals surface area (Å²) in [5.41, 5.74) is 5.43. The van der Waals surface area contributed by atoms with E-state index in [1.807, 2.05) is 26.8 Å². The average Bonchev–Trinajstić information content (AvgIpc) is 2.55. The first-order valence-electron chi connectivity index (χ1n) is 5.37. The molecular weight excluding hydrogens is 209 g/mol.